The molecule has 0 radical (unpaired) electrons. The monoisotopic (exact) mass is 213 g/mol. The molecule has 0 amide bonds. The third kappa shape index (κ3) is 2.83. The van der Waals surface area contributed by atoms with Gasteiger partial charge in [-0.1, -0.05) is 32.5 Å². The summed E-state index contributed by atoms with van der Waals surface area (Å²) in [7, 11) is 1.86. The fourth-order valence-corrected chi connectivity index (χ4v) is 1.80. The number of nitrogens with zero attached hydrogens (tertiary/aromatic N) is 3. The molecular formula is C9H15N3OS. The molecule has 78 valence electrons. The van der Waals surface area contributed by atoms with Crippen molar-refractivity contribution in [3.8, 4) is 0 Å². The standard InChI is InChI=1S/C9H15N3OS/c1-9(2,3)7(13)5-14-8-11-10-6-12(8)4/h6H,5H2,1-4H3. The first-order chi connectivity index (χ1) is 6.41. The first-order valence-corrected chi connectivity index (χ1v) is 5.40. The Morgan fingerprint density at radius 2 is 2.21 bits per heavy atom. The zero-order valence-corrected chi connectivity index (χ0v) is 9.76. The average Bonchev–Trinajstić information content (AvgIpc) is 2.45. The van der Waals surface area contributed by atoms with Gasteiger partial charge in [-0.15, -0.1) is 10.2 Å². The molecule has 0 unspecified atom stereocenters. The molecule has 0 saturated carbocycles. The summed E-state index contributed by atoms with van der Waals surface area (Å²) in [6, 6.07) is 0. The van der Waals surface area contributed by atoms with Gasteiger partial charge in [0.2, 0.25) is 0 Å². The number of aromatic nitrogens is 3. The Kier molecular flexibility index (Phi) is 3.31. The van der Waals surface area contributed by atoms with Crippen molar-refractivity contribution >= 4 is 17.5 Å². The molecule has 0 N–H and O–H groups in total. The quantitative estimate of drug-likeness (QED) is 0.714. The van der Waals surface area contributed by atoms with Crippen LogP contribution in [0.5, 0.6) is 0 Å². The number of thioether (sulfide) groups is 1. The highest BCUT2D eigenvalue weighted by atomic mass is 32.2. The van der Waals surface area contributed by atoms with Gasteiger partial charge in [0.25, 0.3) is 0 Å². The van der Waals surface area contributed by atoms with Crippen LogP contribution < -0.4 is 0 Å². The summed E-state index contributed by atoms with van der Waals surface area (Å²) in [5, 5.41) is 8.42. The lowest BCUT2D eigenvalue weighted by Crippen LogP contribution is -2.22. The first-order valence-electron chi connectivity index (χ1n) is 4.41. The summed E-state index contributed by atoms with van der Waals surface area (Å²) in [4.78, 5) is 11.6. The smallest absolute Gasteiger partial charge is 0.191 e. The number of Topliss-reactive ketones (excluding diaryl/α,β-unsaturated/α-hetero) is 1. The molecule has 0 bridgehead atoms. The summed E-state index contributed by atoms with van der Waals surface area (Å²) >= 11 is 1.43. The third-order valence-electron chi connectivity index (χ3n) is 1.84. The van der Waals surface area contributed by atoms with Gasteiger partial charge in [0, 0.05) is 12.5 Å². The second kappa shape index (κ2) is 4.13. The molecule has 1 aromatic heterocycles. The molecule has 1 aromatic rings. The van der Waals surface area contributed by atoms with E-state index in [0.717, 1.165) is 5.16 Å². The number of ketones is 1. The zero-order chi connectivity index (χ0) is 10.8. The molecule has 0 fully saturated rings. The highest BCUT2D eigenvalue weighted by molar-refractivity contribution is 7.99. The van der Waals surface area contributed by atoms with Crippen LogP contribution in [0.4, 0.5) is 0 Å². The minimum atomic E-state index is -0.272. The highest BCUT2D eigenvalue weighted by Gasteiger charge is 2.21. The maximum Gasteiger partial charge on any atom is 0.191 e. The van der Waals surface area contributed by atoms with E-state index in [1.54, 1.807) is 10.9 Å². The fourth-order valence-electron chi connectivity index (χ4n) is 0.750. The molecule has 4 nitrogen and oxygen atoms in total. The molecule has 1 heterocycles. The topological polar surface area (TPSA) is 47.8 Å². The normalized spacial score (nSPS) is 11.7. The first kappa shape index (κ1) is 11.2. The Hall–Kier alpha value is -0.840. The molecule has 0 saturated heterocycles. The molecule has 1 rings (SSSR count). The summed E-state index contributed by atoms with van der Waals surface area (Å²) in [6.07, 6.45) is 1.63. The van der Waals surface area contributed by atoms with Crippen LogP contribution in [0.2, 0.25) is 0 Å². The number of hydrogen-bond acceptors (Lipinski definition) is 4. The van der Waals surface area contributed by atoms with Gasteiger partial charge in [-0.05, 0) is 0 Å². The molecule has 5 heteroatoms. The maximum atomic E-state index is 11.6. The van der Waals surface area contributed by atoms with Crippen LogP contribution in [0.15, 0.2) is 11.5 Å². The molecule has 0 atom stereocenters. The minimum absolute atomic E-state index is 0.227. The second-order valence-electron chi connectivity index (χ2n) is 4.19. The summed E-state index contributed by atoms with van der Waals surface area (Å²) < 4.78 is 1.81. The van der Waals surface area contributed by atoms with Gasteiger partial charge in [0.1, 0.15) is 12.1 Å². The molecular weight excluding hydrogens is 198 g/mol. The van der Waals surface area contributed by atoms with Crippen molar-refractivity contribution in [1.82, 2.24) is 14.8 Å². The minimum Gasteiger partial charge on any atom is -0.312 e. The van der Waals surface area contributed by atoms with Gasteiger partial charge in [-0.2, -0.15) is 0 Å². The van der Waals surface area contributed by atoms with Crippen LogP contribution in [-0.4, -0.2) is 26.3 Å². The lowest BCUT2D eigenvalue weighted by atomic mass is 9.92. The third-order valence-corrected chi connectivity index (χ3v) is 2.87. The van der Waals surface area contributed by atoms with Crippen LogP contribution in [0.3, 0.4) is 0 Å². The van der Waals surface area contributed by atoms with E-state index in [2.05, 4.69) is 10.2 Å². The van der Waals surface area contributed by atoms with Crippen molar-refractivity contribution in [2.24, 2.45) is 12.5 Å². The summed E-state index contributed by atoms with van der Waals surface area (Å²) in [6.45, 7) is 5.77. The van der Waals surface area contributed by atoms with Gasteiger partial charge in [0.05, 0.1) is 5.75 Å². The zero-order valence-electron chi connectivity index (χ0n) is 8.94. The van der Waals surface area contributed by atoms with Crippen molar-refractivity contribution < 1.29 is 4.79 Å². The van der Waals surface area contributed by atoms with Crippen molar-refractivity contribution in [2.45, 2.75) is 25.9 Å². The number of carbonyl (C=O) groups is 1. The van der Waals surface area contributed by atoms with Crippen molar-refractivity contribution in [3.63, 3.8) is 0 Å². The molecule has 0 aromatic carbocycles. The van der Waals surface area contributed by atoms with Gasteiger partial charge in [-0.3, -0.25) is 4.79 Å². The Morgan fingerprint density at radius 3 is 2.64 bits per heavy atom. The van der Waals surface area contributed by atoms with Crippen molar-refractivity contribution in [1.29, 1.82) is 0 Å². The van der Waals surface area contributed by atoms with Crippen molar-refractivity contribution in [3.05, 3.63) is 6.33 Å². The van der Waals surface area contributed by atoms with E-state index in [4.69, 9.17) is 0 Å². The number of hydrogen-bond donors (Lipinski definition) is 0. The number of aryl methyl sites for hydroxylation is 1. The Labute approximate surface area is 88.1 Å². The Morgan fingerprint density at radius 1 is 1.57 bits per heavy atom. The van der Waals surface area contributed by atoms with E-state index in [-0.39, 0.29) is 11.2 Å². The van der Waals surface area contributed by atoms with Gasteiger partial charge < -0.3 is 4.57 Å². The predicted molar refractivity (Wildman–Crippen MR) is 56.2 cm³/mol. The van der Waals surface area contributed by atoms with Crippen LogP contribution >= 0.6 is 11.8 Å². The number of rotatable bonds is 3. The van der Waals surface area contributed by atoms with E-state index in [1.165, 1.54) is 11.8 Å². The average molecular weight is 213 g/mol. The van der Waals surface area contributed by atoms with E-state index < -0.39 is 0 Å². The van der Waals surface area contributed by atoms with Gasteiger partial charge in [-0.25, -0.2) is 0 Å². The largest absolute Gasteiger partial charge is 0.312 e. The Balaban J connectivity index is 2.50. The van der Waals surface area contributed by atoms with Crippen LogP contribution in [0.1, 0.15) is 20.8 Å². The van der Waals surface area contributed by atoms with E-state index in [1.807, 2.05) is 27.8 Å². The fraction of sp³-hybridized carbons (Fsp3) is 0.667. The van der Waals surface area contributed by atoms with Crippen LogP contribution in [0, 0.1) is 5.41 Å². The molecule has 0 spiro atoms. The van der Waals surface area contributed by atoms with E-state index in [0.29, 0.717) is 5.75 Å². The van der Waals surface area contributed by atoms with Crippen molar-refractivity contribution in [2.75, 3.05) is 5.75 Å². The molecule has 0 aliphatic rings. The van der Waals surface area contributed by atoms with E-state index >= 15 is 0 Å². The molecule has 0 aliphatic carbocycles. The van der Waals surface area contributed by atoms with E-state index in [9.17, 15) is 4.79 Å². The predicted octanol–water partition coefficient (Wildman–Crippen LogP) is 1.52. The Bertz CT molecular complexity index is 327. The number of carbonyl (C=O) groups excluding carboxylic acids is 1. The lowest BCUT2D eigenvalue weighted by Gasteiger charge is -2.15. The SMILES string of the molecule is Cn1cnnc1SCC(=O)C(C)(C)C. The highest BCUT2D eigenvalue weighted by Crippen LogP contribution is 2.21. The van der Waals surface area contributed by atoms with Gasteiger partial charge >= 0.3 is 0 Å². The molecule has 14 heavy (non-hydrogen) atoms. The summed E-state index contributed by atoms with van der Waals surface area (Å²) in [5.41, 5.74) is -0.272. The summed E-state index contributed by atoms with van der Waals surface area (Å²) in [5.74, 6) is 0.682. The maximum absolute atomic E-state index is 11.6. The van der Waals surface area contributed by atoms with Gasteiger partial charge in [0.15, 0.2) is 5.16 Å². The van der Waals surface area contributed by atoms with Crippen LogP contribution in [-0.2, 0) is 11.8 Å². The van der Waals surface area contributed by atoms with Crippen LogP contribution in [0.25, 0.3) is 0 Å². The lowest BCUT2D eigenvalue weighted by molar-refractivity contribution is -0.123. The molecule has 0 aliphatic heterocycles. The second-order valence-corrected chi connectivity index (χ2v) is 5.13.